The Kier molecular flexibility index (Phi) is 15.7. The number of hydrogen-bond donors (Lipinski definition) is 11. The first kappa shape index (κ1) is 36.6. The zero-order valence-electron chi connectivity index (χ0n) is 23.4. The lowest BCUT2D eigenvalue weighted by atomic mass is 9.98. The molecule has 0 aromatic rings. The molecule has 2 fully saturated rings. The maximum absolute atomic E-state index is 10.3. The lowest BCUT2D eigenvalue weighted by Crippen LogP contribution is -2.62. The third kappa shape index (κ3) is 10.2. The molecule has 14 atom stereocenters. The zero-order chi connectivity index (χ0) is 30.9. The molecule has 2 aliphatic rings. The molecule has 0 spiro atoms. The minimum atomic E-state index is -1.83. The van der Waals surface area contributed by atoms with E-state index < -0.39 is 106 Å². The largest absolute Gasteiger partial charge is 0.394 e. The van der Waals surface area contributed by atoms with Gasteiger partial charge in [-0.15, -0.1) is 0 Å². The molecule has 0 aromatic heterocycles. The molecule has 0 aromatic carbocycles. The van der Waals surface area contributed by atoms with E-state index in [1.165, 1.54) is 0 Å². The molecule has 0 saturated carbocycles. The molecule has 1 unspecified atom stereocenters. The summed E-state index contributed by atoms with van der Waals surface area (Å²) in [7, 11) is 1.76. The average Bonchev–Trinajstić information content (AvgIpc) is 2.95. The molecule has 11 N–H and O–H groups in total. The normalized spacial score (nSPS) is 37.6. The van der Waals surface area contributed by atoms with E-state index in [1.807, 2.05) is 0 Å². The van der Waals surface area contributed by atoms with Crippen molar-refractivity contribution in [3.8, 4) is 0 Å². The fourth-order valence-corrected chi connectivity index (χ4v) is 4.66. The second-order valence-corrected chi connectivity index (χ2v) is 10.8. The van der Waals surface area contributed by atoms with Crippen molar-refractivity contribution in [1.82, 2.24) is 4.90 Å². The second-order valence-electron chi connectivity index (χ2n) is 10.8. The van der Waals surface area contributed by atoms with E-state index >= 15 is 0 Å². The van der Waals surface area contributed by atoms with E-state index in [1.54, 1.807) is 11.9 Å². The fraction of sp³-hybridized carbons (Fsp3) is 1.00. The Morgan fingerprint density at radius 1 is 0.683 bits per heavy atom. The molecule has 0 bridgehead atoms. The van der Waals surface area contributed by atoms with Gasteiger partial charge in [-0.05, 0) is 20.0 Å². The van der Waals surface area contributed by atoms with Gasteiger partial charge in [0.25, 0.3) is 0 Å². The first-order valence-electron chi connectivity index (χ1n) is 14.0. The number of aliphatic hydroxyl groups excluding tert-OH is 11. The number of aliphatic hydroxyl groups is 11. The van der Waals surface area contributed by atoms with Gasteiger partial charge in [0.15, 0.2) is 12.6 Å². The molecule has 0 amide bonds. The van der Waals surface area contributed by atoms with Gasteiger partial charge in [0.05, 0.1) is 25.9 Å². The lowest BCUT2D eigenvalue weighted by Gasteiger charge is -2.42. The van der Waals surface area contributed by atoms with Gasteiger partial charge in [0.2, 0.25) is 0 Å². The first-order chi connectivity index (χ1) is 19.3. The van der Waals surface area contributed by atoms with Gasteiger partial charge in [-0.2, -0.15) is 0 Å². The summed E-state index contributed by atoms with van der Waals surface area (Å²) >= 11 is 0. The molecule has 16 nitrogen and oxygen atoms in total. The Bertz CT molecular complexity index is 722. The van der Waals surface area contributed by atoms with Crippen LogP contribution in [0.4, 0.5) is 0 Å². The molecular weight excluding hydrogens is 554 g/mol. The van der Waals surface area contributed by atoms with Crippen LogP contribution in [0, 0.1) is 0 Å². The number of likely N-dealkylation sites (N-methyl/N-ethyl adjacent to an activating group) is 1. The van der Waals surface area contributed by atoms with Crippen LogP contribution in [-0.4, -0.2) is 187 Å². The van der Waals surface area contributed by atoms with E-state index in [9.17, 15) is 56.2 Å². The van der Waals surface area contributed by atoms with E-state index in [0.717, 1.165) is 25.7 Å². The molecule has 2 aliphatic heterocycles. The minimum Gasteiger partial charge on any atom is -0.394 e. The molecule has 41 heavy (non-hydrogen) atoms. The SMILES string of the molecule is CCCCCCN(C)CC(O)[C@@H](O)[C@H](O)[C@H](O)CO[C@@H]1O[C@H](CO[C@@H]2O[C@H](CO)[C@@H](O)[C@H](O)[C@H]2O)[C@@H](O)[C@H](O)[C@H]1O. The maximum Gasteiger partial charge on any atom is 0.186 e. The van der Waals surface area contributed by atoms with E-state index in [-0.39, 0.29) is 6.54 Å². The van der Waals surface area contributed by atoms with Crippen molar-refractivity contribution in [2.24, 2.45) is 0 Å². The van der Waals surface area contributed by atoms with Gasteiger partial charge in [-0.3, -0.25) is 0 Å². The highest BCUT2D eigenvalue weighted by Crippen LogP contribution is 2.26. The highest BCUT2D eigenvalue weighted by Gasteiger charge is 2.47. The Morgan fingerprint density at radius 3 is 1.80 bits per heavy atom. The third-order valence-corrected chi connectivity index (χ3v) is 7.40. The van der Waals surface area contributed by atoms with E-state index in [2.05, 4.69) is 6.92 Å². The van der Waals surface area contributed by atoms with Gasteiger partial charge in [-0.1, -0.05) is 26.2 Å². The fourth-order valence-electron chi connectivity index (χ4n) is 4.66. The Hall–Kier alpha value is -0.640. The van der Waals surface area contributed by atoms with Crippen LogP contribution in [0.1, 0.15) is 32.6 Å². The van der Waals surface area contributed by atoms with Gasteiger partial charge >= 0.3 is 0 Å². The highest BCUT2D eigenvalue weighted by atomic mass is 16.7. The van der Waals surface area contributed by atoms with Crippen LogP contribution >= 0.6 is 0 Å². The second kappa shape index (κ2) is 17.6. The summed E-state index contributed by atoms with van der Waals surface area (Å²) in [6.45, 7) is 0.843. The lowest BCUT2D eigenvalue weighted by molar-refractivity contribution is -0.333. The van der Waals surface area contributed by atoms with Gasteiger partial charge in [-0.25, -0.2) is 0 Å². The number of unbranched alkanes of at least 4 members (excludes halogenated alkanes) is 3. The van der Waals surface area contributed by atoms with Crippen molar-refractivity contribution < 1.29 is 75.1 Å². The Morgan fingerprint density at radius 2 is 1.22 bits per heavy atom. The molecule has 244 valence electrons. The molecule has 0 radical (unpaired) electrons. The van der Waals surface area contributed by atoms with Gasteiger partial charge in [0.1, 0.15) is 67.1 Å². The minimum absolute atomic E-state index is 0.0442. The molecule has 2 rings (SSSR count). The van der Waals surface area contributed by atoms with E-state index in [4.69, 9.17) is 18.9 Å². The molecule has 2 saturated heterocycles. The predicted octanol–water partition coefficient (Wildman–Crippen LogP) is -5.42. The Labute approximate surface area is 238 Å². The van der Waals surface area contributed by atoms with Crippen molar-refractivity contribution in [2.45, 2.75) is 118 Å². The number of hydrogen-bond acceptors (Lipinski definition) is 16. The maximum atomic E-state index is 10.3. The van der Waals surface area contributed by atoms with Crippen molar-refractivity contribution in [2.75, 3.05) is 40.0 Å². The van der Waals surface area contributed by atoms with Crippen molar-refractivity contribution in [1.29, 1.82) is 0 Å². The quantitative estimate of drug-likeness (QED) is 0.0693. The summed E-state index contributed by atoms with van der Waals surface area (Å²) in [6, 6.07) is 0. The van der Waals surface area contributed by atoms with E-state index in [0.29, 0.717) is 6.54 Å². The van der Waals surface area contributed by atoms with Crippen LogP contribution in [0.25, 0.3) is 0 Å². The van der Waals surface area contributed by atoms with Gasteiger partial charge < -0.3 is 80.0 Å². The van der Waals surface area contributed by atoms with Crippen LogP contribution in [0.3, 0.4) is 0 Å². The molecular formula is C25H49NO15. The van der Waals surface area contributed by atoms with Crippen LogP contribution in [0.5, 0.6) is 0 Å². The number of nitrogens with zero attached hydrogens (tertiary/aromatic N) is 1. The molecule has 16 heteroatoms. The molecule has 0 aliphatic carbocycles. The zero-order valence-corrected chi connectivity index (χ0v) is 23.4. The number of ether oxygens (including phenoxy) is 4. The highest BCUT2D eigenvalue weighted by molar-refractivity contribution is 4.92. The van der Waals surface area contributed by atoms with Crippen molar-refractivity contribution >= 4 is 0 Å². The summed E-state index contributed by atoms with van der Waals surface area (Å²) in [5, 5.41) is 111. The van der Waals surface area contributed by atoms with Crippen LogP contribution in [-0.2, 0) is 18.9 Å². The summed E-state index contributed by atoms with van der Waals surface area (Å²) in [6.07, 6.45) is -18.8. The summed E-state index contributed by atoms with van der Waals surface area (Å²) in [4.78, 5) is 1.80. The summed E-state index contributed by atoms with van der Waals surface area (Å²) in [5.41, 5.74) is 0. The molecule has 2 heterocycles. The van der Waals surface area contributed by atoms with Crippen LogP contribution < -0.4 is 0 Å². The summed E-state index contributed by atoms with van der Waals surface area (Å²) in [5.74, 6) is 0. The van der Waals surface area contributed by atoms with Crippen LogP contribution in [0.15, 0.2) is 0 Å². The summed E-state index contributed by atoms with van der Waals surface area (Å²) < 4.78 is 21.3. The standard InChI is InChI=1S/C25H49NO15/c1-3-4-5-6-7-26(2)8-12(28)16(30)17(31)13(29)10-38-24-23(37)21(35)19(33)15(41-24)11-39-25-22(36)20(34)18(32)14(9-27)40-25/h12-25,27-37H,3-11H2,1-2H3/t12?,13-,14-,15-,16-,17-,18-,19-,20+,21+,22-,23-,24-,25-/m1/s1. The van der Waals surface area contributed by atoms with Crippen molar-refractivity contribution in [3.63, 3.8) is 0 Å². The monoisotopic (exact) mass is 603 g/mol. The topological polar surface area (TPSA) is 263 Å². The van der Waals surface area contributed by atoms with Gasteiger partial charge in [0, 0.05) is 6.54 Å². The van der Waals surface area contributed by atoms with Crippen LogP contribution in [0.2, 0.25) is 0 Å². The predicted molar refractivity (Wildman–Crippen MR) is 138 cm³/mol. The smallest absolute Gasteiger partial charge is 0.186 e. The van der Waals surface area contributed by atoms with Crippen molar-refractivity contribution in [3.05, 3.63) is 0 Å². The number of rotatable bonds is 17. The third-order valence-electron chi connectivity index (χ3n) is 7.40. The Balaban J connectivity index is 1.87. The average molecular weight is 604 g/mol. The first-order valence-corrected chi connectivity index (χ1v) is 14.0.